The standard InChI is InChI=1S/C16H23NS/c1-18-16(9-4-10-16)12-17-15-8-7-13-5-2-3-6-14(13)11-15/h2-3,5-6,15,17H,4,7-12H2,1H3. The van der Waals surface area contributed by atoms with Crippen molar-refractivity contribution in [2.45, 2.75) is 49.3 Å². The van der Waals surface area contributed by atoms with Gasteiger partial charge in [-0.15, -0.1) is 0 Å². The van der Waals surface area contributed by atoms with Gasteiger partial charge in [-0.1, -0.05) is 30.7 Å². The SMILES string of the molecule is CSC1(CNC2CCc3ccccc3C2)CCC1. The molecule has 1 aromatic carbocycles. The highest BCUT2D eigenvalue weighted by atomic mass is 32.2. The molecule has 0 amide bonds. The van der Waals surface area contributed by atoms with Gasteiger partial charge in [0.1, 0.15) is 0 Å². The molecule has 0 radical (unpaired) electrons. The van der Waals surface area contributed by atoms with Crippen molar-refractivity contribution in [1.82, 2.24) is 5.32 Å². The van der Waals surface area contributed by atoms with Crippen LogP contribution in [0.25, 0.3) is 0 Å². The fourth-order valence-electron chi connectivity index (χ4n) is 3.23. The molecular formula is C16H23NS. The first-order chi connectivity index (χ1) is 8.81. The van der Waals surface area contributed by atoms with E-state index in [-0.39, 0.29) is 0 Å². The summed E-state index contributed by atoms with van der Waals surface area (Å²) >= 11 is 2.07. The molecule has 2 aliphatic carbocycles. The van der Waals surface area contributed by atoms with Crippen LogP contribution in [-0.4, -0.2) is 23.6 Å². The van der Waals surface area contributed by atoms with Crippen molar-refractivity contribution in [3.05, 3.63) is 35.4 Å². The van der Waals surface area contributed by atoms with Crippen molar-refractivity contribution in [2.24, 2.45) is 0 Å². The molecule has 0 aliphatic heterocycles. The van der Waals surface area contributed by atoms with Gasteiger partial charge in [-0.25, -0.2) is 0 Å². The average molecular weight is 261 g/mol. The van der Waals surface area contributed by atoms with Crippen molar-refractivity contribution >= 4 is 11.8 Å². The summed E-state index contributed by atoms with van der Waals surface area (Å²) in [7, 11) is 0. The van der Waals surface area contributed by atoms with Crippen molar-refractivity contribution in [3.63, 3.8) is 0 Å². The first-order valence-corrected chi connectivity index (χ1v) is 8.39. The second-order valence-corrected chi connectivity index (χ2v) is 7.10. The van der Waals surface area contributed by atoms with Crippen LogP contribution in [0, 0.1) is 0 Å². The molecule has 1 nitrogen and oxygen atoms in total. The van der Waals surface area contributed by atoms with Crippen molar-refractivity contribution in [3.8, 4) is 0 Å². The Kier molecular flexibility index (Phi) is 3.67. The Morgan fingerprint density at radius 1 is 1.28 bits per heavy atom. The van der Waals surface area contributed by atoms with Crippen molar-refractivity contribution in [1.29, 1.82) is 0 Å². The van der Waals surface area contributed by atoms with E-state index in [0.717, 1.165) is 0 Å². The van der Waals surface area contributed by atoms with Crippen LogP contribution in [0.3, 0.4) is 0 Å². The van der Waals surface area contributed by atoms with E-state index in [2.05, 4.69) is 47.6 Å². The van der Waals surface area contributed by atoms with E-state index in [1.54, 1.807) is 11.1 Å². The maximum atomic E-state index is 3.84. The number of fused-ring (bicyclic) bond motifs is 1. The highest BCUT2D eigenvalue weighted by Gasteiger charge is 2.36. The van der Waals surface area contributed by atoms with E-state index < -0.39 is 0 Å². The minimum atomic E-state index is 0.566. The van der Waals surface area contributed by atoms with Gasteiger partial charge >= 0.3 is 0 Å². The topological polar surface area (TPSA) is 12.0 Å². The van der Waals surface area contributed by atoms with Crippen LogP contribution in [0.2, 0.25) is 0 Å². The number of nitrogens with one attached hydrogen (secondary N) is 1. The minimum Gasteiger partial charge on any atom is -0.312 e. The van der Waals surface area contributed by atoms with E-state index >= 15 is 0 Å². The number of hydrogen-bond donors (Lipinski definition) is 1. The molecule has 3 rings (SSSR count). The first kappa shape index (κ1) is 12.6. The molecule has 1 N–H and O–H groups in total. The van der Waals surface area contributed by atoms with E-state index in [1.165, 1.54) is 45.1 Å². The van der Waals surface area contributed by atoms with Gasteiger partial charge < -0.3 is 5.32 Å². The van der Waals surface area contributed by atoms with Gasteiger partial charge in [-0.3, -0.25) is 0 Å². The lowest BCUT2D eigenvalue weighted by Crippen LogP contribution is -2.47. The van der Waals surface area contributed by atoms with Crippen molar-refractivity contribution in [2.75, 3.05) is 12.8 Å². The molecule has 0 saturated heterocycles. The molecule has 0 bridgehead atoms. The zero-order valence-electron chi connectivity index (χ0n) is 11.2. The Bertz CT molecular complexity index is 406. The Morgan fingerprint density at radius 3 is 2.72 bits per heavy atom. The molecule has 1 atom stereocenters. The predicted molar refractivity (Wildman–Crippen MR) is 80.4 cm³/mol. The molecule has 2 heteroatoms. The summed E-state index contributed by atoms with van der Waals surface area (Å²) in [6.45, 7) is 1.21. The summed E-state index contributed by atoms with van der Waals surface area (Å²) in [4.78, 5) is 0. The van der Waals surface area contributed by atoms with Crippen LogP contribution in [0.1, 0.15) is 36.8 Å². The quantitative estimate of drug-likeness (QED) is 0.891. The third-order valence-electron chi connectivity index (χ3n) is 4.76. The largest absolute Gasteiger partial charge is 0.312 e. The number of thioether (sulfide) groups is 1. The van der Waals surface area contributed by atoms with Crippen molar-refractivity contribution < 1.29 is 0 Å². The molecule has 0 heterocycles. The lowest BCUT2D eigenvalue weighted by Gasteiger charge is -2.42. The Labute approximate surface area is 115 Å². The number of aryl methyl sites for hydroxylation is 1. The minimum absolute atomic E-state index is 0.566. The summed E-state index contributed by atoms with van der Waals surface area (Å²) < 4.78 is 0.566. The van der Waals surface area contributed by atoms with Gasteiger partial charge in [0.05, 0.1) is 0 Å². The molecule has 1 aromatic rings. The summed E-state index contributed by atoms with van der Waals surface area (Å²) in [5.41, 5.74) is 3.13. The summed E-state index contributed by atoms with van der Waals surface area (Å²) in [5, 5.41) is 3.84. The molecule has 98 valence electrons. The van der Waals surface area contributed by atoms with E-state index in [4.69, 9.17) is 0 Å². The van der Waals surface area contributed by atoms with Crippen LogP contribution < -0.4 is 5.32 Å². The zero-order valence-corrected chi connectivity index (χ0v) is 12.1. The zero-order chi connectivity index (χ0) is 12.4. The first-order valence-electron chi connectivity index (χ1n) is 7.17. The van der Waals surface area contributed by atoms with Gasteiger partial charge in [0.25, 0.3) is 0 Å². The third kappa shape index (κ3) is 2.46. The van der Waals surface area contributed by atoms with Crippen LogP contribution in [0.15, 0.2) is 24.3 Å². The van der Waals surface area contributed by atoms with E-state index in [0.29, 0.717) is 10.8 Å². The molecule has 0 spiro atoms. The fourth-order valence-corrected chi connectivity index (χ4v) is 4.15. The lowest BCUT2D eigenvalue weighted by molar-refractivity contribution is 0.321. The molecule has 1 fully saturated rings. The average Bonchev–Trinajstić information content (AvgIpc) is 2.38. The highest BCUT2D eigenvalue weighted by molar-refractivity contribution is 8.00. The molecule has 0 aromatic heterocycles. The maximum Gasteiger partial charge on any atom is 0.0281 e. The van der Waals surface area contributed by atoms with Gasteiger partial charge in [0.15, 0.2) is 0 Å². The summed E-state index contributed by atoms with van der Waals surface area (Å²) in [6.07, 6.45) is 10.3. The van der Waals surface area contributed by atoms with Crippen LogP contribution in [-0.2, 0) is 12.8 Å². The molecule has 1 saturated carbocycles. The van der Waals surface area contributed by atoms with E-state index in [9.17, 15) is 0 Å². The van der Waals surface area contributed by atoms with Gasteiger partial charge in [-0.05, 0) is 49.5 Å². The van der Waals surface area contributed by atoms with E-state index in [1.807, 2.05) is 0 Å². The molecule has 1 unspecified atom stereocenters. The second kappa shape index (κ2) is 5.26. The fraction of sp³-hybridized carbons (Fsp3) is 0.625. The second-order valence-electron chi connectivity index (χ2n) is 5.83. The smallest absolute Gasteiger partial charge is 0.0281 e. The molecule has 18 heavy (non-hydrogen) atoms. The summed E-state index contributed by atoms with van der Waals surface area (Å²) in [5.74, 6) is 0. The number of hydrogen-bond acceptors (Lipinski definition) is 2. The van der Waals surface area contributed by atoms with Gasteiger partial charge in [-0.2, -0.15) is 11.8 Å². The van der Waals surface area contributed by atoms with Crippen LogP contribution in [0.5, 0.6) is 0 Å². The normalized spacial score (nSPS) is 25.3. The Morgan fingerprint density at radius 2 is 2.06 bits per heavy atom. The van der Waals surface area contributed by atoms with Gasteiger partial charge in [0.2, 0.25) is 0 Å². The number of benzene rings is 1. The van der Waals surface area contributed by atoms with Gasteiger partial charge in [0, 0.05) is 17.3 Å². The third-order valence-corrected chi connectivity index (χ3v) is 6.18. The summed E-state index contributed by atoms with van der Waals surface area (Å²) in [6, 6.07) is 9.64. The monoisotopic (exact) mass is 261 g/mol. The molecule has 2 aliphatic rings. The molecular weight excluding hydrogens is 238 g/mol. The highest BCUT2D eigenvalue weighted by Crippen LogP contribution is 2.42. The Balaban J connectivity index is 1.56. The van der Waals surface area contributed by atoms with Crippen LogP contribution in [0.4, 0.5) is 0 Å². The lowest BCUT2D eigenvalue weighted by atomic mass is 9.83. The van der Waals surface area contributed by atoms with Crippen LogP contribution >= 0.6 is 11.8 Å². The Hall–Kier alpha value is -0.470. The predicted octanol–water partition coefficient (Wildman–Crippen LogP) is 3.42. The number of rotatable bonds is 4. The maximum absolute atomic E-state index is 3.84.